The number of piperazine rings is 1. The fourth-order valence-electron chi connectivity index (χ4n) is 4.64. The molecule has 0 N–H and O–H groups in total. The maximum Gasteiger partial charge on any atom is 0.257 e. The quantitative estimate of drug-likeness (QED) is 0.748. The number of benzene rings is 1. The number of aryl methyl sites for hydroxylation is 3. The highest BCUT2D eigenvalue weighted by Gasteiger charge is 2.41. The minimum Gasteiger partial charge on any atom is -0.337 e. The van der Waals surface area contributed by atoms with E-state index in [-0.39, 0.29) is 24.3 Å². The van der Waals surface area contributed by atoms with Crippen molar-refractivity contribution in [3.63, 3.8) is 0 Å². The van der Waals surface area contributed by atoms with E-state index in [0.717, 1.165) is 16.8 Å². The Morgan fingerprint density at radius 2 is 1.90 bits per heavy atom. The zero-order chi connectivity index (χ0) is 22.3. The van der Waals surface area contributed by atoms with E-state index >= 15 is 0 Å². The first kappa shape index (κ1) is 21.1. The van der Waals surface area contributed by atoms with Gasteiger partial charge in [-0.05, 0) is 32.8 Å². The number of carbonyl (C=O) groups is 3. The third-order valence-corrected chi connectivity index (χ3v) is 6.37. The number of hydrogen-bond donors (Lipinski definition) is 0. The molecule has 0 bridgehead atoms. The molecule has 1 atom stereocenters. The fraction of sp³-hybridized carbons (Fsp3) is 0.478. The van der Waals surface area contributed by atoms with E-state index < -0.39 is 6.04 Å². The van der Waals surface area contributed by atoms with Gasteiger partial charge in [-0.25, -0.2) is 0 Å². The van der Waals surface area contributed by atoms with E-state index in [4.69, 9.17) is 0 Å². The van der Waals surface area contributed by atoms with Crippen LogP contribution in [0.2, 0.25) is 0 Å². The number of carbonyl (C=O) groups excluding carboxylic acids is 3. The molecule has 3 amide bonds. The van der Waals surface area contributed by atoms with Gasteiger partial charge in [0.05, 0.1) is 11.3 Å². The van der Waals surface area contributed by atoms with Crippen molar-refractivity contribution in [1.82, 2.24) is 24.5 Å². The lowest BCUT2D eigenvalue weighted by atomic mass is 10.1. The van der Waals surface area contributed by atoms with Gasteiger partial charge in [-0.3, -0.25) is 19.1 Å². The third-order valence-electron chi connectivity index (χ3n) is 6.37. The van der Waals surface area contributed by atoms with Gasteiger partial charge >= 0.3 is 0 Å². The zero-order valence-corrected chi connectivity index (χ0v) is 18.6. The van der Waals surface area contributed by atoms with E-state index in [9.17, 15) is 14.4 Å². The van der Waals surface area contributed by atoms with Gasteiger partial charge in [0.15, 0.2) is 0 Å². The maximum absolute atomic E-state index is 13.2. The average molecular weight is 424 g/mol. The molecule has 1 unspecified atom stereocenters. The summed E-state index contributed by atoms with van der Waals surface area (Å²) in [4.78, 5) is 44.3. The fourth-order valence-corrected chi connectivity index (χ4v) is 4.64. The first-order valence-corrected chi connectivity index (χ1v) is 10.7. The highest BCUT2D eigenvalue weighted by Crippen LogP contribution is 2.23. The van der Waals surface area contributed by atoms with Crippen LogP contribution in [0.4, 0.5) is 0 Å². The smallest absolute Gasteiger partial charge is 0.257 e. The Bertz CT molecular complexity index is 1040. The zero-order valence-electron chi connectivity index (χ0n) is 18.6. The summed E-state index contributed by atoms with van der Waals surface area (Å²) < 4.78 is 1.71. The first-order valence-electron chi connectivity index (χ1n) is 10.7. The van der Waals surface area contributed by atoms with E-state index in [1.54, 1.807) is 19.4 Å². The molecule has 1 aromatic heterocycles. The van der Waals surface area contributed by atoms with Crippen molar-refractivity contribution in [3.05, 3.63) is 52.3 Å². The minimum atomic E-state index is -0.514. The van der Waals surface area contributed by atoms with Gasteiger partial charge in [0.25, 0.3) is 5.91 Å². The number of aromatic nitrogens is 2. The summed E-state index contributed by atoms with van der Waals surface area (Å²) in [5, 5.41) is 4.35. The normalized spacial score (nSPS) is 19.5. The molecule has 0 radical (unpaired) electrons. The molecule has 0 aliphatic carbocycles. The molecule has 3 heterocycles. The van der Waals surface area contributed by atoms with Gasteiger partial charge in [0.2, 0.25) is 11.8 Å². The Morgan fingerprint density at radius 3 is 2.58 bits per heavy atom. The molecule has 164 valence electrons. The molecule has 4 rings (SSSR count). The molecule has 2 saturated heterocycles. The third kappa shape index (κ3) is 3.94. The largest absolute Gasteiger partial charge is 0.337 e. The van der Waals surface area contributed by atoms with Crippen LogP contribution >= 0.6 is 0 Å². The van der Waals surface area contributed by atoms with Crippen LogP contribution in [0, 0.1) is 20.8 Å². The van der Waals surface area contributed by atoms with E-state index in [1.165, 1.54) is 0 Å². The second kappa shape index (κ2) is 8.17. The van der Waals surface area contributed by atoms with Crippen LogP contribution in [0.15, 0.2) is 24.3 Å². The molecule has 0 saturated carbocycles. The molecule has 31 heavy (non-hydrogen) atoms. The van der Waals surface area contributed by atoms with Gasteiger partial charge < -0.3 is 14.7 Å². The van der Waals surface area contributed by atoms with Crippen LogP contribution in [0.5, 0.6) is 0 Å². The molecule has 8 nitrogen and oxygen atoms in total. The molecule has 2 aliphatic rings. The lowest BCUT2D eigenvalue weighted by molar-refractivity contribution is -0.156. The van der Waals surface area contributed by atoms with Crippen molar-refractivity contribution in [2.45, 2.75) is 39.8 Å². The Balaban J connectivity index is 1.50. The van der Waals surface area contributed by atoms with Crippen molar-refractivity contribution in [3.8, 4) is 0 Å². The van der Waals surface area contributed by atoms with Crippen LogP contribution in [-0.4, -0.2) is 74.4 Å². The lowest BCUT2D eigenvalue weighted by Gasteiger charge is -2.39. The average Bonchev–Trinajstić information content (AvgIpc) is 2.88. The standard InChI is InChI=1S/C23H29N5O3/c1-15-6-5-7-18(12-15)13-27-14-20(29)28-11-10-26(9-8-19(28)22(27)30)23(31)21-16(2)24-25(4)17(21)3/h5-7,12,19H,8-11,13-14H2,1-4H3. The summed E-state index contributed by atoms with van der Waals surface area (Å²) in [5.74, 6) is -0.177. The molecule has 2 aliphatic heterocycles. The van der Waals surface area contributed by atoms with Crippen LogP contribution in [-0.2, 0) is 23.2 Å². The molecular weight excluding hydrogens is 394 g/mol. The Hall–Kier alpha value is -3.16. The summed E-state index contributed by atoms with van der Waals surface area (Å²) in [6, 6.07) is 7.47. The van der Waals surface area contributed by atoms with Gasteiger partial charge in [0.1, 0.15) is 12.6 Å². The second-order valence-electron chi connectivity index (χ2n) is 8.54. The van der Waals surface area contributed by atoms with E-state index in [2.05, 4.69) is 5.10 Å². The number of fused-ring (bicyclic) bond motifs is 1. The maximum atomic E-state index is 13.2. The Morgan fingerprint density at radius 1 is 1.13 bits per heavy atom. The predicted octanol–water partition coefficient (Wildman–Crippen LogP) is 1.43. The topological polar surface area (TPSA) is 78.8 Å². The summed E-state index contributed by atoms with van der Waals surface area (Å²) in [5.41, 5.74) is 4.27. The van der Waals surface area contributed by atoms with Crippen LogP contribution < -0.4 is 0 Å². The predicted molar refractivity (Wildman–Crippen MR) is 115 cm³/mol. The van der Waals surface area contributed by atoms with Crippen molar-refractivity contribution in [2.24, 2.45) is 7.05 Å². The van der Waals surface area contributed by atoms with Crippen molar-refractivity contribution >= 4 is 17.7 Å². The highest BCUT2D eigenvalue weighted by atomic mass is 16.2. The SMILES string of the molecule is Cc1cccc(CN2CC(=O)N3CCN(C(=O)c4c(C)nn(C)c4C)CCC3C2=O)c1. The molecule has 2 fully saturated rings. The van der Waals surface area contributed by atoms with Crippen LogP contribution in [0.3, 0.4) is 0 Å². The lowest BCUT2D eigenvalue weighted by Crippen LogP contribution is -2.59. The van der Waals surface area contributed by atoms with Crippen molar-refractivity contribution < 1.29 is 14.4 Å². The van der Waals surface area contributed by atoms with Gasteiger partial charge in [-0.15, -0.1) is 0 Å². The van der Waals surface area contributed by atoms with Crippen molar-refractivity contribution in [1.29, 1.82) is 0 Å². The van der Waals surface area contributed by atoms with Gasteiger partial charge in [-0.1, -0.05) is 29.8 Å². The number of nitrogens with zero attached hydrogens (tertiary/aromatic N) is 5. The molecule has 1 aromatic carbocycles. The molecule has 2 aromatic rings. The number of amides is 3. The Kier molecular flexibility index (Phi) is 5.56. The van der Waals surface area contributed by atoms with Crippen LogP contribution in [0.25, 0.3) is 0 Å². The van der Waals surface area contributed by atoms with Gasteiger partial charge in [-0.2, -0.15) is 5.10 Å². The summed E-state index contributed by atoms with van der Waals surface area (Å²) in [6.45, 7) is 7.45. The summed E-state index contributed by atoms with van der Waals surface area (Å²) in [7, 11) is 1.82. The number of hydrogen-bond acceptors (Lipinski definition) is 4. The molecule has 8 heteroatoms. The van der Waals surface area contributed by atoms with Crippen LogP contribution in [0.1, 0.15) is 39.3 Å². The summed E-state index contributed by atoms with van der Waals surface area (Å²) in [6.07, 6.45) is 0.443. The molecule has 0 spiro atoms. The first-order chi connectivity index (χ1) is 14.8. The Labute approximate surface area is 182 Å². The number of rotatable bonds is 3. The summed E-state index contributed by atoms with van der Waals surface area (Å²) >= 11 is 0. The van der Waals surface area contributed by atoms with Crippen molar-refractivity contribution in [2.75, 3.05) is 26.2 Å². The highest BCUT2D eigenvalue weighted by molar-refractivity contribution is 5.97. The van der Waals surface area contributed by atoms with E-state index in [1.807, 2.05) is 52.1 Å². The minimum absolute atomic E-state index is 0.0378. The van der Waals surface area contributed by atoms with Gasteiger partial charge in [0, 0.05) is 38.9 Å². The second-order valence-corrected chi connectivity index (χ2v) is 8.54. The van der Waals surface area contributed by atoms with E-state index in [0.29, 0.717) is 43.9 Å². The molecular formula is C23H29N5O3. The monoisotopic (exact) mass is 423 g/mol.